The summed E-state index contributed by atoms with van der Waals surface area (Å²) in [5.74, 6) is 0.897. The minimum Gasteiger partial charge on any atom is -0.486 e. The predicted molar refractivity (Wildman–Crippen MR) is 99.3 cm³/mol. The molecule has 1 aromatic rings. The Morgan fingerprint density at radius 1 is 1.04 bits per heavy atom. The van der Waals surface area contributed by atoms with E-state index in [0.29, 0.717) is 57.5 Å². The minimum absolute atomic E-state index is 0.0667. The number of nitrogens with one attached hydrogen (secondary N) is 1. The van der Waals surface area contributed by atoms with E-state index in [-0.39, 0.29) is 30.9 Å². The van der Waals surface area contributed by atoms with Crippen LogP contribution in [0.5, 0.6) is 11.5 Å². The van der Waals surface area contributed by atoms with E-state index in [2.05, 4.69) is 5.32 Å². The summed E-state index contributed by atoms with van der Waals surface area (Å²) in [6.45, 7) is 4.72. The van der Waals surface area contributed by atoms with Gasteiger partial charge in [-0.1, -0.05) is 6.07 Å². The minimum atomic E-state index is -0.359. The molecule has 9 nitrogen and oxygen atoms in total. The molecule has 0 saturated carbocycles. The molecule has 2 heterocycles. The molecule has 1 saturated heterocycles. The average Bonchev–Trinajstić information content (AvgIpc) is 2.72. The molecule has 3 rings (SSSR count). The third kappa shape index (κ3) is 5.05. The van der Waals surface area contributed by atoms with Gasteiger partial charge in [0.05, 0.1) is 19.6 Å². The van der Waals surface area contributed by atoms with Crippen molar-refractivity contribution in [3.05, 3.63) is 23.8 Å². The third-order valence-electron chi connectivity index (χ3n) is 4.57. The summed E-state index contributed by atoms with van der Waals surface area (Å²) in [5.41, 5.74) is 0.789. The summed E-state index contributed by atoms with van der Waals surface area (Å²) >= 11 is 0. The second-order valence-electron chi connectivity index (χ2n) is 6.50. The van der Waals surface area contributed by atoms with E-state index >= 15 is 0 Å². The number of carbonyl (C=O) groups is 3. The number of benzene rings is 1. The lowest BCUT2D eigenvalue weighted by Gasteiger charge is -2.34. The molecule has 28 heavy (non-hydrogen) atoms. The van der Waals surface area contributed by atoms with Gasteiger partial charge in [-0.2, -0.15) is 0 Å². The molecule has 0 spiro atoms. The van der Waals surface area contributed by atoms with Crippen molar-refractivity contribution in [2.45, 2.75) is 13.3 Å². The third-order valence-corrected chi connectivity index (χ3v) is 4.57. The highest BCUT2D eigenvalue weighted by Crippen LogP contribution is 2.30. The molecule has 0 unspecified atom stereocenters. The Bertz CT molecular complexity index is 730. The van der Waals surface area contributed by atoms with Crippen LogP contribution in [-0.4, -0.2) is 80.3 Å². The van der Waals surface area contributed by atoms with Crippen LogP contribution >= 0.6 is 0 Å². The van der Waals surface area contributed by atoms with Gasteiger partial charge < -0.3 is 29.3 Å². The summed E-state index contributed by atoms with van der Waals surface area (Å²) in [5, 5.41) is 2.66. The zero-order chi connectivity index (χ0) is 19.9. The van der Waals surface area contributed by atoms with Crippen molar-refractivity contribution in [1.82, 2.24) is 15.1 Å². The first kappa shape index (κ1) is 19.8. The van der Waals surface area contributed by atoms with Crippen LogP contribution < -0.4 is 14.8 Å². The fourth-order valence-corrected chi connectivity index (χ4v) is 3.08. The molecule has 0 atom stereocenters. The van der Waals surface area contributed by atoms with Crippen LogP contribution in [0.3, 0.4) is 0 Å². The Kier molecular flexibility index (Phi) is 6.57. The summed E-state index contributed by atoms with van der Waals surface area (Å²) in [7, 11) is 0. The van der Waals surface area contributed by atoms with E-state index in [1.807, 2.05) is 6.07 Å². The first-order chi connectivity index (χ1) is 13.6. The monoisotopic (exact) mass is 391 g/mol. The number of hydrogen-bond acceptors (Lipinski definition) is 6. The van der Waals surface area contributed by atoms with Crippen LogP contribution in [-0.2, 0) is 20.7 Å². The molecule has 0 aliphatic carbocycles. The SMILES string of the molecule is CCOC(=O)N1CCN(C(=O)CNC(=O)Cc2ccc3c(c2)OCCO3)CC1. The molecular weight excluding hydrogens is 366 g/mol. The predicted octanol–water partition coefficient (Wildman–Crippen LogP) is 0.417. The molecule has 0 radical (unpaired) electrons. The summed E-state index contributed by atoms with van der Waals surface area (Å²) in [6, 6.07) is 5.37. The molecule has 152 valence electrons. The number of fused-ring (bicyclic) bond motifs is 1. The van der Waals surface area contributed by atoms with Gasteiger partial charge in [-0.25, -0.2) is 4.79 Å². The van der Waals surface area contributed by atoms with Gasteiger partial charge >= 0.3 is 6.09 Å². The van der Waals surface area contributed by atoms with Gasteiger partial charge in [-0.15, -0.1) is 0 Å². The molecular formula is C19H25N3O6. The maximum absolute atomic E-state index is 12.3. The van der Waals surface area contributed by atoms with Crippen molar-refractivity contribution >= 4 is 17.9 Å². The van der Waals surface area contributed by atoms with Gasteiger partial charge in [0.15, 0.2) is 11.5 Å². The van der Waals surface area contributed by atoms with Crippen molar-refractivity contribution in [2.24, 2.45) is 0 Å². The van der Waals surface area contributed by atoms with E-state index in [4.69, 9.17) is 14.2 Å². The van der Waals surface area contributed by atoms with E-state index in [0.717, 1.165) is 5.56 Å². The standard InChI is InChI=1S/C19H25N3O6/c1-2-26-19(25)22-7-5-21(6-8-22)18(24)13-20-17(23)12-14-3-4-15-16(11-14)28-10-9-27-15/h3-4,11H,2,5-10,12-13H2,1H3,(H,20,23). The molecule has 1 fully saturated rings. The first-order valence-electron chi connectivity index (χ1n) is 9.41. The van der Waals surface area contributed by atoms with Crippen LogP contribution in [0.1, 0.15) is 12.5 Å². The second kappa shape index (κ2) is 9.29. The van der Waals surface area contributed by atoms with Crippen molar-refractivity contribution in [2.75, 3.05) is 52.5 Å². The maximum Gasteiger partial charge on any atom is 0.409 e. The van der Waals surface area contributed by atoms with Gasteiger partial charge in [-0.05, 0) is 24.6 Å². The summed E-state index contributed by atoms with van der Waals surface area (Å²) in [6.07, 6.45) is -0.206. The number of piperazine rings is 1. The lowest BCUT2D eigenvalue weighted by molar-refractivity contribution is -0.134. The molecule has 2 aliphatic rings. The second-order valence-corrected chi connectivity index (χ2v) is 6.50. The molecule has 1 N–H and O–H groups in total. The largest absolute Gasteiger partial charge is 0.486 e. The van der Waals surface area contributed by atoms with Crippen LogP contribution in [0, 0.1) is 0 Å². The highest BCUT2D eigenvalue weighted by atomic mass is 16.6. The van der Waals surface area contributed by atoms with Gasteiger partial charge in [0.1, 0.15) is 13.2 Å². The van der Waals surface area contributed by atoms with Crippen LogP contribution in [0.15, 0.2) is 18.2 Å². The van der Waals surface area contributed by atoms with E-state index in [1.165, 1.54) is 0 Å². The topological polar surface area (TPSA) is 97.4 Å². The fourth-order valence-electron chi connectivity index (χ4n) is 3.08. The van der Waals surface area contributed by atoms with E-state index in [9.17, 15) is 14.4 Å². The first-order valence-corrected chi connectivity index (χ1v) is 9.41. The van der Waals surface area contributed by atoms with Gasteiger partial charge in [0.2, 0.25) is 11.8 Å². The maximum atomic E-state index is 12.3. The zero-order valence-corrected chi connectivity index (χ0v) is 15.9. The lowest BCUT2D eigenvalue weighted by atomic mass is 10.1. The van der Waals surface area contributed by atoms with Crippen LogP contribution in [0.25, 0.3) is 0 Å². The quantitative estimate of drug-likeness (QED) is 0.781. The number of nitrogens with zero attached hydrogens (tertiary/aromatic N) is 2. The Morgan fingerprint density at radius 2 is 1.71 bits per heavy atom. The molecule has 1 aromatic carbocycles. The number of hydrogen-bond donors (Lipinski definition) is 1. The molecule has 2 aliphatic heterocycles. The number of ether oxygens (including phenoxy) is 3. The van der Waals surface area contributed by atoms with Crippen molar-refractivity contribution in [1.29, 1.82) is 0 Å². The summed E-state index contributed by atoms with van der Waals surface area (Å²) < 4.78 is 15.9. The molecule has 3 amide bonds. The average molecular weight is 391 g/mol. The van der Waals surface area contributed by atoms with Crippen molar-refractivity contribution in [3.8, 4) is 11.5 Å². The Balaban J connectivity index is 1.41. The normalized spacial score (nSPS) is 15.8. The molecule has 9 heteroatoms. The van der Waals surface area contributed by atoms with Crippen molar-refractivity contribution in [3.63, 3.8) is 0 Å². The van der Waals surface area contributed by atoms with Gasteiger partial charge in [0, 0.05) is 26.2 Å². The highest BCUT2D eigenvalue weighted by Gasteiger charge is 2.25. The lowest BCUT2D eigenvalue weighted by Crippen LogP contribution is -2.52. The van der Waals surface area contributed by atoms with Gasteiger partial charge in [-0.3, -0.25) is 9.59 Å². The van der Waals surface area contributed by atoms with Gasteiger partial charge in [0.25, 0.3) is 0 Å². The Labute approximate surface area is 163 Å². The number of rotatable bonds is 5. The number of carbonyl (C=O) groups excluding carboxylic acids is 3. The smallest absolute Gasteiger partial charge is 0.409 e. The number of amides is 3. The summed E-state index contributed by atoms with van der Waals surface area (Å²) in [4.78, 5) is 39.3. The highest BCUT2D eigenvalue weighted by molar-refractivity contribution is 5.86. The fraction of sp³-hybridized carbons (Fsp3) is 0.526. The Hall–Kier alpha value is -2.97. The van der Waals surface area contributed by atoms with E-state index < -0.39 is 0 Å². The van der Waals surface area contributed by atoms with Crippen LogP contribution in [0.4, 0.5) is 4.79 Å². The molecule has 0 bridgehead atoms. The molecule has 0 aromatic heterocycles. The van der Waals surface area contributed by atoms with Crippen LogP contribution in [0.2, 0.25) is 0 Å². The van der Waals surface area contributed by atoms with Crippen molar-refractivity contribution < 1.29 is 28.6 Å². The Morgan fingerprint density at radius 3 is 2.43 bits per heavy atom. The zero-order valence-electron chi connectivity index (χ0n) is 15.9. The van der Waals surface area contributed by atoms with E-state index in [1.54, 1.807) is 28.9 Å².